The van der Waals surface area contributed by atoms with Crippen LogP contribution in [0.1, 0.15) is 23.2 Å². The van der Waals surface area contributed by atoms with Gasteiger partial charge in [0.1, 0.15) is 5.82 Å². The molecule has 1 N–H and O–H groups in total. The number of benzene rings is 2. The normalized spacial score (nSPS) is 10.2. The Balaban J connectivity index is 1.72. The molecule has 0 aliphatic carbocycles. The van der Waals surface area contributed by atoms with Crippen molar-refractivity contribution in [2.24, 2.45) is 0 Å². The van der Waals surface area contributed by atoms with Crippen LogP contribution in [0.15, 0.2) is 48.5 Å². The zero-order valence-electron chi connectivity index (χ0n) is 13.1. The highest BCUT2D eigenvalue weighted by Gasteiger charge is 2.12. The minimum absolute atomic E-state index is 0.0357. The van der Waals surface area contributed by atoms with Crippen LogP contribution < -0.4 is 5.32 Å². The van der Waals surface area contributed by atoms with Gasteiger partial charge in [0, 0.05) is 22.7 Å². The summed E-state index contributed by atoms with van der Waals surface area (Å²) < 4.78 is 17.8. The Kier molecular flexibility index (Phi) is 6.65. The third-order valence-electron chi connectivity index (χ3n) is 3.20. The van der Waals surface area contributed by atoms with Crippen LogP contribution >= 0.6 is 11.6 Å². The zero-order valence-corrected chi connectivity index (χ0v) is 13.9. The van der Waals surface area contributed by atoms with Gasteiger partial charge in [0.05, 0.1) is 6.42 Å². The summed E-state index contributed by atoms with van der Waals surface area (Å²) in [4.78, 5) is 35.1. The molecule has 0 unspecified atom stereocenters. The molecule has 2 rings (SSSR count). The van der Waals surface area contributed by atoms with Crippen molar-refractivity contribution in [3.05, 3.63) is 64.9 Å². The van der Waals surface area contributed by atoms with Crippen LogP contribution in [0.25, 0.3) is 0 Å². The van der Waals surface area contributed by atoms with Crippen molar-refractivity contribution >= 4 is 34.9 Å². The molecule has 0 bridgehead atoms. The first-order valence-corrected chi connectivity index (χ1v) is 7.81. The summed E-state index contributed by atoms with van der Waals surface area (Å²) in [5.41, 5.74) is 0.708. The van der Waals surface area contributed by atoms with E-state index in [0.717, 1.165) is 6.07 Å². The van der Waals surface area contributed by atoms with Crippen LogP contribution in [0.3, 0.4) is 0 Å². The van der Waals surface area contributed by atoms with Crippen molar-refractivity contribution in [1.82, 2.24) is 0 Å². The number of esters is 1. The summed E-state index contributed by atoms with van der Waals surface area (Å²) >= 11 is 5.74. The molecule has 0 saturated carbocycles. The molecule has 0 heterocycles. The fraction of sp³-hybridized carbons (Fsp3) is 0.167. The van der Waals surface area contributed by atoms with Gasteiger partial charge in [0.15, 0.2) is 12.4 Å². The number of amides is 1. The van der Waals surface area contributed by atoms with E-state index in [1.165, 1.54) is 18.2 Å². The van der Waals surface area contributed by atoms with E-state index in [0.29, 0.717) is 10.6 Å². The van der Waals surface area contributed by atoms with Crippen molar-refractivity contribution < 1.29 is 23.5 Å². The Morgan fingerprint density at radius 3 is 2.44 bits per heavy atom. The molecule has 0 saturated heterocycles. The van der Waals surface area contributed by atoms with Gasteiger partial charge < -0.3 is 10.1 Å². The van der Waals surface area contributed by atoms with Crippen molar-refractivity contribution in [3.63, 3.8) is 0 Å². The van der Waals surface area contributed by atoms with E-state index in [9.17, 15) is 18.8 Å². The number of ketones is 1. The lowest BCUT2D eigenvalue weighted by molar-refractivity contribution is -0.147. The number of halogens is 2. The van der Waals surface area contributed by atoms with Crippen molar-refractivity contribution in [1.29, 1.82) is 0 Å². The fourth-order valence-electron chi connectivity index (χ4n) is 1.98. The second-order valence-electron chi connectivity index (χ2n) is 5.15. The van der Waals surface area contributed by atoms with Crippen molar-refractivity contribution in [2.45, 2.75) is 12.8 Å². The van der Waals surface area contributed by atoms with E-state index >= 15 is 0 Å². The molecule has 25 heavy (non-hydrogen) atoms. The summed E-state index contributed by atoms with van der Waals surface area (Å²) in [6.07, 6.45) is -0.180. The predicted molar refractivity (Wildman–Crippen MR) is 91.0 cm³/mol. The highest BCUT2D eigenvalue weighted by atomic mass is 35.5. The molecule has 130 valence electrons. The number of ether oxygens (including phenoxy) is 1. The molecule has 0 aliphatic heterocycles. The number of hydrogen-bond acceptors (Lipinski definition) is 4. The Labute approximate surface area is 148 Å². The second-order valence-corrected chi connectivity index (χ2v) is 5.59. The summed E-state index contributed by atoms with van der Waals surface area (Å²) in [7, 11) is 0. The maximum absolute atomic E-state index is 13.0. The number of carbonyl (C=O) groups excluding carboxylic acids is 3. The van der Waals surface area contributed by atoms with Gasteiger partial charge in [-0.15, -0.1) is 0 Å². The number of anilines is 1. The molecule has 0 aliphatic rings. The van der Waals surface area contributed by atoms with E-state index < -0.39 is 24.3 Å². The molecule has 0 atom stereocenters. The van der Waals surface area contributed by atoms with Crippen molar-refractivity contribution in [3.8, 4) is 0 Å². The van der Waals surface area contributed by atoms with Gasteiger partial charge in [-0.05, 0) is 42.5 Å². The number of nitrogens with one attached hydrogen (secondary N) is 1. The fourth-order valence-corrected chi connectivity index (χ4v) is 2.10. The number of Topliss-reactive ketones (excluding diaryl/α,β-unsaturated/α-hetero) is 1. The lowest BCUT2D eigenvalue weighted by Crippen LogP contribution is -2.21. The van der Waals surface area contributed by atoms with E-state index in [1.54, 1.807) is 24.3 Å². The first-order chi connectivity index (χ1) is 11.9. The SMILES string of the molecule is O=C(COC(=O)CCC(=O)c1ccc(Cl)cc1)Nc1cccc(F)c1. The smallest absolute Gasteiger partial charge is 0.306 e. The van der Waals surface area contributed by atoms with Crippen LogP contribution in [-0.4, -0.2) is 24.3 Å². The van der Waals surface area contributed by atoms with Crippen LogP contribution in [0, 0.1) is 5.82 Å². The minimum Gasteiger partial charge on any atom is -0.456 e. The summed E-state index contributed by atoms with van der Waals surface area (Å²) in [5, 5.41) is 2.91. The summed E-state index contributed by atoms with van der Waals surface area (Å²) in [6.45, 7) is -0.509. The van der Waals surface area contributed by atoms with Crippen molar-refractivity contribution in [2.75, 3.05) is 11.9 Å². The summed E-state index contributed by atoms with van der Waals surface area (Å²) in [6, 6.07) is 11.7. The van der Waals surface area contributed by atoms with Gasteiger partial charge in [0.25, 0.3) is 5.91 Å². The minimum atomic E-state index is -0.670. The predicted octanol–water partition coefficient (Wildman–Crippen LogP) is 3.62. The first-order valence-electron chi connectivity index (χ1n) is 7.44. The Bertz CT molecular complexity index is 777. The Morgan fingerprint density at radius 1 is 1.04 bits per heavy atom. The maximum atomic E-state index is 13.0. The van der Waals surface area contributed by atoms with E-state index in [-0.39, 0.29) is 24.3 Å². The second kappa shape index (κ2) is 8.94. The molecular formula is C18H15ClFNO4. The molecule has 2 aromatic carbocycles. The Morgan fingerprint density at radius 2 is 1.76 bits per heavy atom. The quantitative estimate of drug-likeness (QED) is 0.602. The van der Waals surface area contributed by atoms with E-state index in [4.69, 9.17) is 16.3 Å². The number of rotatable bonds is 7. The average Bonchev–Trinajstić information content (AvgIpc) is 2.58. The third kappa shape index (κ3) is 6.35. The van der Waals surface area contributed by atoms with Gasteiger partial charge in [-0.2, -0.15) is 0 Å². The standard InChI is InChI=1S/C18H15ClFNO4/c19-13-6-4-12(5-7-13)16(22)8-9-18(24)25-11-17(23)21-15-3-1-2-14(20)10-15/h1-7,10H,8-9,11H2,(H,21,23). The molecule has 5 nitrogen and oxygen atoms in total. The molecular weight excluding hydrogens is 349 g/mol. The largest absolute Gasteiger partial charge is 0.456 e. The highest BCUT2D eigenvalue weighted by Crippen LogP contribution is 2.12. The lowest BCUT2D eigenvalue weighted by atomic mass is 10.1. The van der Waals surface area contributed by atoms with E-state index in [2.05, 4.69) is 5.32 Å². The average molecular weight is 364 g/mol. The van der Waals surface area contributed by atoms with Crippen LogP contribution in [0.2, 0.25) is 5.02 Å². The molecule has 0 aromatic heterocycles. The molecule has 2 aromatic rings. The van der Waals surface area contributed by atoms with Crippen LogP contribution in [-0.2, 0) is 14.3 Å². The van der Waals surface area contributed by atoms with Crippen LogP contribution in [0.5, 0.6) is 0 Å². The maximum Gasteiger partial charge on any atom is 0.306 e. The zero-order chi connectivity index (χ0) is 18.2. The topological polar surface area (TPSA) is 72.5 Å². The number of carbonyl (C=O) groups is 3. The van der Waals surface area contributed by atoms with Gasteiger partial charge >= 0.3 is 5.97 Å². The summed E-state index contributed by atoms with van der Waals surface area (Å²) in [5.74, 6) is -1.98. The van der Waals surface area contributed by atoms with E-state index in [1.807, 2.05) is 0 Å². The molecule has 0 fully saturated rings. The van der Waals surface area contributed by atoms with Gasteiger partial charge in [-0.1, -0.05) is 17.7 Å². The Hall–Kier alpha value is -2.73. The monoisotopic (exact) mass is 363 g/mol. The molecule has 0 radical (unpaired) electrons. The number of hydrogen-bond donors (Lipinski definition) is 1. The highest BCUT2D eigenvalue weighted by molar-refractivity contribution is 6.30. The molecule has 1 amide bonds. The third-order valence-corrected chi connectivity index (χ3v) is 3.45. The van der Waals surface area contributed by atoms with Crippen LogP contribution in [0.4, 0.5) is 10.1 Å². The van der Waals surface area contributed by atoms with Gasteiger partial charge in [-0.25, -0.2) is 4.39 Å². The first kappa shape index (κ1) is 18.6. The molecule has 7 heteroatoms. The van der Waals surface area contributed by atoms with Gasteiger partial charge in [0.2, 0.25) is 0 Å². The molecule has 0 spiro atoms. The lowest BCUT2D eigenvalue weighted by Gasteiger charge is -2.06. The van der Waals surface area contributed by atoms with Gasteiger partial charge in [-0.3, -0.25) is 14.4 Å².